The summed E-state index contributed by atoms with van der Waals surface area (Å²) in [4.78, 5) is 23.9. The third-order valence-corrected chi connectivity index (χ3v) is 5.52. The van der Waals surface area contributed by atoms with Crippen LogP contribution in [-0.2, 0) is 4.79 Å². The van der Waals surface area contributed by atoms with Crippen molar-refractivity contribution in [1.29, 1.82) is 0 Å². The highest BCUT2D eigenvalue weighted by Gasteiger charge is 2.31. The fraction of sp³-hybridized carbons (Fsp3) is 0.500. The summed E-state index contributed by atoms with van der Waals surface area (Å²) in [6.07, 6.45) is 3.59. The van der Waals surface area contributed by atoms with Crippen molar-refractivity contribution < 1.29 is 4.79 Å². The molecule has 0 spiro atoms. The molecular weight excluding hydrogens is 340 g/mol. The van der Waals surface area contributed by atoms with Gasteiger partial charge in [-0.1, -0.05) is 6.07 Å². The number of amides is 1. The molecule has 7 nitrogen and oxygen atoms in total. The van der Waals surface area contributed by atoms with Gasteiger partial charge in [-0.3, -0.25) is 4.79 Å². The topological polar surface area (TPSA) is 65.5 Å². The molecule has 2 aliphatic rings. The number of pyridine rings is 1. The molecule has 2 fully saturated rings. The van der Waals surface area contributed by atoms with E-state index in [-0.39, 0.29) is 5.92 Å². The maximum absolute atomic E-state index is 12.9. The van der Waals surface area contributed by atoms with Crippen LogP contribution in [-0.4, -0.2) is 65.3 Å². The van der Waals surface area contributed by atoms with Crippen molar-refractivity contribution in [2.75, 3.05) is 49.1 Å². The highest BCUT2D eigenvalue weighted by Crippen LogP contribution is 2.24. The van der Waals surface area contributed by atoms with Gasteiger partial charge in [-0.25, -0.2) is 4.98 Å². The number of hydrogen-bond donors (Lipinski definition) is 0. The van der Waals surface area contributed by atoms with Crippen molar-refractivity contribution in [2.45, 2.75) is 19.8 Å². The fourth-order valence-electron chi connectivity index (χ4n) is 3.87. The number of aromatic nitrogens is 3. The summed E-state index contributed by atoms with van der Waals surface area (Å²) < 4.78 is 0. The van der Waals surface area contributed by atoms with E-state index in [4.69, 9.17) is 0 Å². The SMILES string of the molecule is Cc1ccc(N2CCC(C(=O)N3CCN(c4ccccn4)CC3)CC2)nn1. The molecule has 0 aliphatic carbocycles. The Morgan fingerprint density at radius 2 is 1.63 bits per heavy atom. The van der Waals surface area contributed by atoms with Gasteiger partial charge in [0.15, 0.2) is 5.82 Å². The van der Waals surface area contributed by atoms with Crippen LogP contribution in [0.1, 0.15) is 18.5 Å². The highest BCUT2D eigenvalue weighted by molar-refractivity contribution is 5.79. The number of hydrogen-bond acceptors (Lipinski definition) is 6. The Hall–Kier alpha value is -2.70. The molecule has 142 valence electrons. The molecule has 0 N–H and O–H groups in total. The average molecular weight is 366 g/mol. The van der Waals surface area contributed by atoms with E-state index >= 15 is 0 Å². The molecule has 0 aromatic carbocycles. The zero-order chi connectivity index (χ0) is 18.6. The number of nitrogens with zero attached hydrogens (tertiary/aromatic N) is 6. The molecule has 0 unspecified atom stereocenters. The molecule has 1 amide bonds. The van der Waals surface area contributed by atoms with E-state index in [1.54, 1.807) is 0 Å². The summed E-state index contributed by atoms with van der Waals surface area (Å²) in [7, 11) is 0. The van der Waals surface area contributed by atoms with E-state index in [2.05, 4.69) is 25.0 Å². The minimum atomic E-state index is 0.126. The van der Waals surface area contributed by atoms with Gasteiger partial charge in [0, 0.05) is 51.4 Å². The van der Waals surface area contributed by atoms with Gasteiger partial charge in [-0.2, -0.15) is 5.10 Å². The van der Waals surface area contributed by atoms with Crippen molar-refractivity contribution >= 4 is 17.5 Å². The smallest absolute Gasteiger partial charge is 0.225 e. The highest BCUT2D eigenvalue weighted by atomic mass is 16.2. The van der Waals surface area contributed by atoms with Gasteiger partial charge in [0.25, 0.3) is 0 Å². The first-order valence-corrected chi connectivity index (χ1v) is 9.71. The number of anilines is 2. The van der Waals surface area contributed by atoms with Gasteiger partial charge in [0.1, 0.15) is 5.82 Å². The number of rotatable bonds is 3. The Bertz CT molecular complexity index is 750. The Kier molecular flexibility index (Phi) is 5.18. The first-order valence-electron chi connectivity index (χ1n) is 9.71. The summed E-state index contributed by atoms with van der Waals surface area (Å²) in [6.45, 7) is 6.92. The van der Waals surface area contributed by atoms with Crippen molar-refractivity contribution in [2.24, 2.45) is 5.92 Å². The van der Waals surface area contributed by atoms with Crippen LogP contribution in [0.5, 0.6) is 0 Å². The van der Waals surface area contributed by atoms with Crippen LogP contribution >= 0.6 is 0 Å². The monoisotopic (exact) mass is 366 g/mol. The van der Waals surface area contributed by atoms with Gasteiger partial charge >= 0.3 is 0 Å². The molecule has 4 rings (SSSR count). The van der Waals surface area contributed by atoms with Gasteiger partial charge in [0.2, 0.25) is 5.91 Å². The summed E-state index contributed by atoms with van der Waals surface area (Å²) in [6, 6.07) is 9.97. The molecule has 2 saturated heterocycles. The predicted molar refractivity (Wildman–Crippen MR) is 105 cm³/mol. The molecule has 2 aromatic heterocycles. The third kappa shape index (κ3) is 4.02. The molecule has 0 atom stereocenters. The number of piperazine rings is 1. The minimum absolute atomic E-state index is 0.126. The lowest BCUT2D eigenvalue weighted by molar-refractivity contribution is -0.136. The number of carbonyl (C=O) groups is 1. The Morgan fingerprint density at radius 3 is 2.26 bits per heavy atom. The van der Waals surface area contributed by atoms with E-state index in [9.17, 15) is 4.79 Å². The van der Waals surface area contributed by atoms with E-state index in [0.717, 1.165) is 69.4 Å². The molecule has 2 aliphatic heterocycles. The standard InChI is InChI=1S/C20H26N6O/c1-16-5-6-19(23-22-16)24-10-7-17(8-11-24)20(27)26-14-12-25(13-15-26)18-4-2-3-9-21-18/h2-6,9,17H,7-8,10-15H2,1H3. The Labute approximate surface area is 160 Å². The number of piperidine rings is 1. The Morgan fingerprint density at radius 1 is 0.889 bits per heavy atom. The molecule has 0 saturated carbocycles. The summed E-state index contributed by atoms with van der Waals surface area (Å²) in [5.74, 6) is 2.35. The molecule has 0 bridgehead atoms. The second-order valence-electron chi connectivity index (χ2n) is 7.29. The van der Waals surface area contributed by atoms with E-state index in [0.29, 0.717) is 5.91 Å². The molecule has 2 aromatic rings. The first kappa shape index (κ1) is 17.7. The molecule has 4 heterocycles. The fourth-order valence-corrected chi connectivity index (χ4v) is 3.87. The number of carbonyl (C=O) groups excluding carboxylic acids is 1. The van der Waals surface area contributed by atoms with Gasteiger partial charge in [-0.15, -0.1) is 5.10 Å². The van der Waals surface area contributed by atoms with E-state index < -0.39 is 0 Å². The maximum atomic E-state index is 12.9. The van der Waals surface area contributed by atoms with Crippen LogP contribution in [0.25, 0.3) is 0 Å². The normalized spacial score (nSPS) is 18.6. The van der Waals surface area contributed by atoms with Crippen LogP contribution in [0.15, 0.2) is 36.5 Å². The lowest BCUT2D eigenvalue weighted by atomic mass is 9.95. The minimum Gasteiger partial charge on any atom is -0.355 e. The summed E-state index contributed by atoms with van der Waals surface area (Å²) in [5, 5.41) is 8.41. The zero-order valence-electron chi connectivity index (χ0n) is 15.8. The van der Waals surface area contributed by atoms with Crippen LogP contribution < -0.4 is 9.80 Å². The summed E-state index contributed by atoms with van der Waals surface area (Å²) in [5.41, 5.74) is 0.925. The molecule has 27 heavy (non-hydrogen) atoms. The maximum Gasteiger partial charge on any atom is 0.225 e. The predicted octanol–water partition coefficient (Wildman–Crippen LogP) is 1.75. The summed E-state index contributed by atoms with van der Waals surface area (Å²) >= 11 is 0. The number of aryl methyl sites for hydroxylation is 1. The average Bonchev–Trinajstić information content (AvgIpc) is 2.75. The molecule has 7 heteroatoms. The second-order valence-corrected chi connectivity index (χ2v) is 7.29. The van der Waals surface area contributed by atoms with Crippen molar-refractivity contribution in [1.82, 2.24) is 20.1 Å². The van der Waals surface area contributed by atoms with Crippen LogP contribution in [0.2, 0.25) is 0 Å². The van der Waals surface area contributed by atoms with Crippen molar-refractivity contribution in [3.63, 3.8) is 0 Å². The lowest BCUT2D eigenvalue weighted by Gasteiger charge is -2.39. The zero-order valence-corrected chi connectivity index (χ0v) is 15.8. The van der Waals surface area contributed by atoms with Crippen LogP contribution in [0.4, 0.5) is 11.6 Å². The van der Waals surface area contributed by atoms with E-state index in [1.165, 1.54) is 0 Å². The van der Waals surface area contributed by atoms with Crippen molar-refractivity contribution in [3.05, 3.63) is 42.2 Å². The third-order valence-electron chi connectivity index (χ3n) is 5.52. The lowest BCUT2D eigenvalue weighted by Crippen LogP contribution is -2.52. The largest absolute Gasteiger partial charge is 0.355 e. The first-order chi connectivity index (χ1) is 13.2. The van der Waals surface area contributed by atoms with Crippen LogP contribution in [0.3, 0.4) is 0 Å². The molecular formula is C20H26N6O. The van der Waals surface area contributed by atoms with Crippen molar-refractivity contribution in [3.8, 4) is 0 Å². The van der Waals surface area contributed by atoms with Gasteiger partial charge in [0.05, 0.1) is 5.69 Å². The van der Waals surface area contributed by atoms with Gasteiger partial charge < -0.3 is 14.7 Å². The molecule has 0 radical (unpaired) electrons. The second kappa shape index (κ2) is 7.90. The van der Waals surface area contributed by atoms with Gasteiger partial charge in [-0.05, 0) is 44.0 Å². The van der Waals surface area contributed by atoms with E-state index in [1.807, 2.05) is 48.4 Å². The Balaban J connectivity index is 1.28. The quantitative estimate of drug-likeness (QED) is 0.825. The van der Waals surface area contributed by atoms with Crippen LogP contribution in [0, 0.1) is 12.8 Å².